The molecule has 2 aliphatic rings. The molecular weight excluding hydrogens is 380 g/mol. The Kier molecular flexibility index (Phi) is 4.78. The molecule has 1 amide bonds. The Morgan fingerprint density at radius 2 is 1.96 bits per heavy atom. The summed E-state index contributed by atoms with van der Waals surface area (Å²) in [5.41, 5.74) is 3.53. The highest BCUT2D eigenvalue weighted by atomic mass is 32.2. The SMILES string of the molecule is CC(C)NC(=O)OC1CC(c2cc(Nc3ccc4c(c3)CS(=O)(=O)C4)n[nH]2)C1. The van der Waals surface area contributed by atoms with E-state index in [1.165, 1.54) is 0 Å². The number of nitrogens with one attached hydrogen (secondary N) is 3. The largest absolute Gasteiger partial charge is 0.446 e. The van der Waals surface area contributed by atoms with Crippen molar-refractivity contribution >= 4 is 27.4 Å². The maximum Gasteiger partial charge on any atom is 0.407 e. The topological polar surface area (TPSA) is 113 Å². The van der Waals surface area contributed by atoms with Crippen LogP contribution in [0.1, 0.15) is 49.4 Å². The van der Waals surface area contributed by atoms with Gasteiger partial charge in [-0.1, -0.05) is 6.07 Å². The second-order valence-electron chi connectivity index (χ2n) is 7.84. The van der Waals surface area contributed by atoms with Crippen LogP contribution in [0.5, 0.6) is 0 Å². The summed E-state index contributed by atoms with van der Waals surface area (Å²) in [6.45, 7) is 3.79. The molecule has 0 radical (unpaired) electrons. The predicted octanol–water partition coefficient (Wildman–Crippen LogP) is 2.96. The number of ether oxygens (including phenoxy) is 1. The molecule has 4 rings (SSSR count). The number of hydrogen-bond acceptors (Lipinski definition) is 6. The summed E-state index contributed by atoms with van der Waals surface area (Å²) in [5, 5.41) is 13.3. The third kappa shape index (κ3) is 4.14. The summed E-state index contributed by atoms with van der Waals surface area (Å²) < 4.78 is 28.9. The zero-order valence-electron chi connectivity index (χ0n) is 15.9. The molecule has 28 heavy (non-hydrogen) atoms. The Morgan fingerprint density at radius 3 is 2.71 bits per heavy atom. The molecule has 1 aliphatic carbocycles. The number of aromatic nitrogens is 2. The van der Waals surface area contributed by atoms with E-state index in [-0.39, 0.29) is 35.7 Å². The van der Waals surface area contributed by atoms with Crippen LogP contribution in [0.2, 0.25) is 0 Å². The van der Waals surface area contributed by atoms with Gasteiger partial charge in [-0.3, -0.25) is 5.10 Å². The molecule has 0 spiro atoms. The highest BCUT2D eigenvalue weighted by Crippen LogP contribution is 2.38. The number of benzene rings is 1. The lowest BCUT2D eigenvalue weighted by molar-refractivity contribution is 0.0374. The van der Waals surface area contributed by atoms with Crippen LogP contribution in [0, 0.1) is 0 Å². The van der Waals surface area contributed by atoms with Crippen LogP contribution in [0.15, 0.2) is 24.3 Å². The van der Waals surface area contributed by atoms with Crippen molar-refractivity contribution in [2.45, 2.75) is 56.3 Å². The van der Waals surface area contributed by atoms with Crippen LogP contribution in [-0.4, -0.2) is 36.9 Å². The molecule has 0 atom stereocenters. The van der Waals surface area contributed by atoms with Crippen LogP contribution in [0.3, 0.4) is 0 Å². The lowest BCUT2D eigenvalue weighted by atomic mass is 9.80. The summed E-state index contributed by atoms with van der Waals surface area (Å²) in [6.07, 6.45) is 1.10. The van der Waals surface area contributed by atoms with Crippen LogP contribution in [0.25, 0.3) is 0 Å². The number of anilines is 2. The Labute approximate surface area is 164 Å². The minimum atomic E-state index is -3.01. The Bertz CT molecular complexity index is 993. The highest BCUT2D eigenvalue weighted by molar-refractivity contribution is 7.90. The number of fused-ring (bicyclic) bond motifs is 1. The molecule has 0 bridgehead atoms. The molecular formula is C19H24N4O4S. The summed E-state index contributed by atoms with van der Waals surface area (Å²) in [5.74, 6) is 1.18. The van der Waals surface area contributed by atoms with Crippen LogP contribution >= 0.6 is 0 Å². The molecule has 9 heteroatoms. The van der Waals surface area contributed by atoms with Crippen molar-refractivity contribution in [2.75, 3.05) is 5.32 Å². The number of H-pyrrole nitrogens is 1. The predicted molar refractivity (Wildman–Crippen MR) is 105 cm³/mol. The van der Waals surface area contributed by atoms with Crippen molar-refractivity contribution in [3.05, 3.63) is 41.1 Å². The van der Waals surface area contributed by atoms with Crippen molar-refractivity contribution in [1.29, 1.82) is 0 Å². The standard InChI is InChI=1S/C19H24N4O4S/c1-11(2)20-19(24)27-16-6-13(7-16)17-8-18(23-22-17)21-15-4-3-12-9-28(25,26)10-14(12)5-15/h3-5,8,11,13,16H,6-7,9-10H2,1-2H3,(H,20,24)(H2,21,22,23). The van der Waals surface area contributed by atoms with E-state index < -0.39 is 9.84 Å². The Hall–Kier alpha value is -2.55. The number of rotatable bonds is 5. The number of alkyl carbamates (subject to hydrolysis) is 1. The van der Waals surface area contributed by atoms with E-state index in [4.69, 9.17) is 4.74 Å². The van der Waals surface area contributed by atoms with E-state index in [9.17, 15) is 13.2 Å². The van der Waals surface area contributed by atoms with E-state index in [0.29, 0.717) is 5.82 Å². The molecule has 150 valence electrons. The molecule has 1 saturated carbocycles. The fraction of sp³-hybridized carbons (Fsp3) is 0.474. The zero-order chi connectivity index (χ0) is 19.9. The van der Waals surface area contributed by atoms with Gasteiger partial charge < -0.3 is 15.4 Å². The first-order valence-electron chi connectivity index (χ1n) is 9.39. The van der Waals surface area contributed by atoms with E-state index in [2.05, 4.69) is 20.8 Å². The lowest BCUT2D eigenvalue weighted by Crippen LogP contribution is -2.38. The van der Waals surface area contributed by atoms with E-state index in [1.54, 1.807) is 0 Å². The van der Waals surface area contributed by atoms with E-state index in [1.807, 2.05) is 38.1 Å². The third-order valence-corrected chi connectivity index (χ3v) is 6.54. The highest BCUT2D eigenvalue weighted by Gasteiger charge is 2.34. The molecule has 2 heterocycles. The molecule has 3 N–H and O–H groups in total. The third-order valence-electron chi connectivity index (χ3n) is 5.04. The molecule has 1 aliphatic heterocycles. The van der Waals surface area contributed by atoms with Crippen LogP contribution < -0.4 is 10.6 Å². The first kappa shape index (κ1) is 18.8. The number of carbonyl (C=O) groups excluding carboxylic acids is 1. The fourth-order valence-corrected chi connectivity index (χ4v) is 5.20. The molecule has 8 nitrogen and oxygen atoms in total. The number of nitrogens with zero attached hydrogens (tertiary/aromatic N) is 1. The average molecular weight is 404 g/mol. The number of aromatic amines is 1. The minimum Gasteiger partial charge on any atom is -0.446 e. The second kappa shape index (κ2) is 7.12. The quantitative estimate of drug-likeness (QED) is 0.706. The molecule has 1 aromatic heterocycles. The summed E-state index contributed by atoms with van der Waals surface area (Å²) in [7, 11) is -3.01. The fourth-order valence-electron chi connectivity index (χ4n) is 3.60. The molecule has 2 aromatic rings. The minimum absolute atomic E-state index is 0.0592. The van der Waals surface area contributed by atoms with E-state index >= 15 is 0 Å². The Morgan fingerprint density at radius 1 is 1.21 bits per heavy atom. The number of sulfone groups is 1. The van der Waals surface area contributed by atoms with Crippen LogP contribution in [0.4, 0.5) is 16.3 Å². The van der Waals surface area contributed by atoms with Crippen molar-refractivity contribution in [1.82, 2.24) is 15.5 Å². The molecule has 1 aromatic carbocycles. The van der Waals surface area contributed by atoms with Gasteiger partial charge in [-0.15, -0.1) is 0 Å². The van der Waals surface area contributed by atoms with Gasteiger partial charge >= 0.3 is 6.09 Å². The van der Waals surface area contributed by atoms with Gasteiger partial charge in [0.05, 0.1) is 11.5 Å². The normalized spacial score (nSPS) is 22.4. The second-order valence-corrected chi connectivity index (χ2v) is 9.91. The van der Waals surface area contributed by atoms with Crippen molar-refractivity contribution in [3.63, 3.8) is 0 Å². The molecule has 0 saturated heterocycles. The number of hydrogen-bond donors (Lipinski definition) is 3. The van der Waals surface area contributed by atoms with Gasteiger partial charge in [0.2, 0.25) is 0 Å². The van der Waals surface area contributed by atoms with Crippen LogP contribution in [-0.2, 0) is 26.1 Å². The Balaban J connectivity index is 1.32. The first-order valence-corrected chi connectivity index (χ1v) is 11.2. The van der Waals surface area contributed by atoms with Gasteiger partial charge in [0, 0.05) is 29.4 Å². The van der Waals surface area contributed by atoms with E-state index in [0.717, 1.165) is 35.3 Å². The van der Waals surface area contributed by atoms with Gasteiger partial charge in [0.15, 0.2) is 15.7 Å². The van der Waals surface area contributed by atoms with Gasteiger partial charge in [0.1, 0.15) is 6.10 Å². The van der Waals surface area contributed by atoms with Gasteiger partial charge in [-0.2, -0.15) is 5.10 Å². The first-order chi connectivity index (χ1) is 13.3. The van der Waals surface area contributed by atoms with Gasteiger partial charge in [-0.05, 0) is 49.9 Å². The molecule has 1 fully saturated rings. The summed E-state index contributed by atoms with van der Waals surface area (Å²) >= 11 is 0. The summed E-state index contributed by atoms with van der Waals surface area (Å²) in [6, 6.07) is 7.60. The smallest absolute Gasteiger partial charge is 0.407 e. The summed E-state index contributed by atoms with van der Waals surface area (Å²) in [4.78, 5) is 11.6. The zero-order valence-corrected chi connectivity index (χ0v) is 16.7. The van der Waals surface area contributed by atoms with Gasteiger partial charge in [-0.25, -0.2) is 13.2 Å². The molecule has 0 unspecified atom stereocenters. The van der Waals surface area contributed by atoms with Crippen molar-refractivity contribution < 1.29 is 17.9 Å². The maximum atomic E-state index is 11.7. The van der Waals surface area contributed by atoms with Crippen molar-refractivity contribution in [2.24, 2.45) is 0 Å². The van der Waals surface area contributed by atoms with Crippen molar-refractivity contribution in [3.8, 4) is 0 Å². The maximum absolute atomic E-state index is 11.7. The number of carbonyl (C=O) groups is 1. The monoisotopic (exact) mass is 404 g/mol. The van der Waals surface area contributed by atoms with Gasteiger partial charge in [0.25, 0.3) is 0 Å². The lowest BCUT2D eigenvalue weighted by Gasteiger charge is -2.33. The number of amides is 1. The average Bonchev–Trinajstić information content (AvgIpc) is 3.11.